The van der Waals surface area contributed by atoms with E-state index in [1.165, 1.54) is 28.0 Å². The number of nitrogens with zero attached hydrogens (tertiary/aromatic N) is 1. The summed E-state index contributed by atoms with van der Waals surface area (Å²) in [4.78, 5) is 0. The number of fused-ring (bicyclic) bond motifs is 1. The molecule has 1 N–H and O–H groups in total. The van der Waals surface area contributed by atoms with Crippen molar-refractivity contribution in [1.29, 1.82) is 0 Å². The minimum Gasteiger partial charge on any atom is -0.371 e. The highest BCUT2D eigenvalue weighted by atomic mass is 32.1. The summed E-state index contributed by atoms with van der Waals surface area (Å²) in [5.74, 6) is 0. The van der Waals surface area contributed by atoms with Gasteiger partial charge in [-0.3, -0.25) is 0 Å². The molecule has 2 aromatic heterocycles. The van der Waals surface area contributed by atoms with Crippen LogP contribution in [-0.2, 0) is 6.54 Å². The Hall–Kier alpha value is -1.39. The summed E-state index contributed by atoms with van der Waals surface area (Å²) in [5.41, 5.74) is 3.80. The van der Waals surface area contributed by atoms with E-state index in [4.69, 9.17) is 0 Å². The molecule has 0 fully saturated rings. The van der Waals surface area contributed by atoms with Crippen molar-refractivity contribution in [2.75, 3.05) is 5.32 Å². The van der Waals surface area contributed by atoms with E-state index >= 15 is 0 Å². The lowest BCUT2D eigenvalue weighted by Crippen LogP contribution is -1.97. The van der Waals surface area contributed by atoms with Crippen molar-refractivity contribution in [3.8, 4) is 0 Å². The third-order valence-corrected chi connectivity index (χ3v) is 4.53. The lowest BCUT2D eigenvalue weighted by molar-refractivity contribution is 1.15. The van der Waals surface area contributed by atoms with Crippen LogP contribution in [0.15, 0.2) is 35.0 Å². The standard InChI is InChI=1S/C13H12N2S2/c1-9-7-16-8-10(9)6-14-13-11-4-2-3-5-12(11)15-17-13/h2-5,7-8,14H,6H2,1H3. The smallest absolute Gasteiger partial charge is 0.117 e. The summed E-state index contributed by atoms with van der Waals surface area (Å²) < 4.78 is 4.42. The van der Waals surface area contributed by atoms with Gasteiger partial charge in [0.05, 0.1) is 5.52 Å². The summed E-state index contributed by atoms with van der Waals surface area (Å²) >= 11 is 3.29. The second-order valence-corrected chi connectivity index (χ2v) is 5.48. The minimum atomic E-state index is 0.877. The Morgan fingerprint density at radius 2 is 2.12 bits per heavy atom. The molecule has 1 aromatic carbocycles. The van der Waals surface area contributed by atoms with Crippen molar-refractivity contribution >= 4 is 38.8 Å². The molecule has 0 spiro atoms. The van der Waals surface area contributed by atoms with Crippen molar-refractivity contribution in [1.82, 2.24) is 4.37 Å². The summed E-state index contributed by atoms with van der Waals surface area (Å²) in [6.45, 7) is 3.03. The molecule has 3 rings (SSSR count). The van der Waals surface area contributed by atoms with Crippen molar-refractivity contribution in [3.63, 3.8) is 0 Å². The van der Waals surface area contributed by atoms with Gasteiger partial charge in [0.15, 0.2) is 0 Å². The highest BCUT2D eigenvalue weighted by Crippen LogP contribution is 2.28. The maximum absolute atomic E-state index is 4.42. The molecule has 0 unspecified atom stereocenters. The lowest BCUT2D eigenvalue weighted by Gasteiger charge is -2.03. The SMILES string of the molecule is Cc1cscc1CNc1snc2ccccc12. The maximum Gasteiger partial charge on any atom is 0.117 e. The number of nitrogens with one attached hydrogen (secondary N) is 1. The quantitative estimate of drug-likeness (QED) is 0.760. The van der Waals surface area contributed by atoms with Crippen LogP contribution in [0.2, 0.25) is 0 Å². The molecule has 0 atom stereocenters. The second kappa shape index (κ2) is 4.47. The monoisotopic (exact) mass is 260 g/mol. The van der Waals surface area contributed by atoms with Crippen molar-refractivity contribution < 1.29 is 0 Å². The summed E-state index contributed by atoms with van der Waals surface area (Å²) in [6, 6.07) is 8.24. The van der Waals surface area contributed by atoms with Gasteiger partial charge in [0.25, 0.3) is 0 Å². The first-order chi connectivity index (χ1) is 8.34. The Balaban J connectivity index is 1.84. The molecule has 0 saturated carbocycles. The highest BCUT2D eigenvalue weighted by molar-refractivity contribution is 7.11. The van der Waals surface area contributed by atoms with Crippen molar-refractivity contribution in [2.24, 2.45) is 0 Å². The number of aromatic nitrogens is 1. The number of benzene rings is 1. The van der Waals surface area contributed by atoms with Crippen molar-refractivity contribution in [2.45, 2.75) is 13.5 Å². The molecule has 3 aromatic rings. The van der Waals surface area contributed by atoms with Gasteiger partial charge in [-0.1, -0.05) is 12.1 Å². The van der Waals surface area contributed by atoms with Gasteiger partial charge >= 0.3 is 0 Å². The van der Waals surface area contributed by atoms with Crippen LogP contribution in [0.3, 0.4) is 0 Å². The fraction of sp³-hybridized carbons (Fsp3) is 0.154. The van der Waals surface area contributed by atoms with Crippen LogP contribution in [-0.4, -0.2) is 4.37 Å². The largest absolute Gasteiger partial charge is 0.371 e. The Morgan fingerprint density at radius 3 is 2.94 bits per heavy atom. The zero-order valence-corrected chi connectivity index (χ0v) is 11.1. The van der Waals surface area contributed by atoms with Gasteiger partial charge in [-0.2, -0.15) is 15.7 Å². The van der Waals surface area contributed by atoms with Crippen LogP contribution in [0.1, 0.15) is 11.1 Å². The predicted octanol–water partition coefficient (Wildman–Crippen LogP) is 4.28. The van der Waals surface area contributed by atoms with Gasteiger partial charge in [-0.05, 0) is 52.5 Å². The number of thiophene rings is 1. The fourth-order valence-electron chi connectivity index (χ4n) is 1.76. The molecule has 0 aliphatic heterocycles. The third kappa shape index (κ3) is 2.06. The van der Waals surface area contributed by atoms with Gasteiger partial charge in [-0.25, -0.2) is 0 Å². The highest BCUT2D eigenvalue weighted by Gasteiger charge is 2.05. The normalized spacial score (nSPS) is 10.9. The number of anilines is 1. The third-order valence-electron chi connectivity index (χ3n) is 2.78. The molecule has 4 heteroatoms. The number of hydrogen-bond donors (Lipinski definition) is 1. The van der Waals surface area contributed by atoms with E-state index in [0.29, 0.717) is 0 Å². The first kappa shape index (κ1) is 10.7. The zero-order valence-electron chi connectivity index (χ0n) is 9.43. The Bertz CT molecular complexity index is 639. The molecule has 0 aliphatic rings. The first-order valence-electron chi connectivity index (χ1n) is 5.44. The van der Waals surface area contributed by atoms with Gasteiger partial charge in [0, 0.05) is 11.9 Å². The molecular formula is C13H12N2S2. The van der Waals surface area contributed by atoms with Gasteiger partial charge in [-0.15, -0.1) is 0 Å². The lowest BCUT2D eigenvalue weighted by atomic mass is 10.2. The summed E-state index contributed by atoms with van der Waals surface area (Å²) in [6.07, 6.45) is 0. The Labute approximate surface area is 108 Å². The molecule has 0 saturated heterocycles. The van der Waals surface area contributed by atoms with Crippen LogP contribution in [0.25, 0.3) is 10.9 Å². The number of rotatable bonds is 3. The van der Waals surface area contributed by atoms with E-state index in [2.05, 4.69) is 39.5 Å². The molecule has 2 heterocycles. The minimum absolute atomic E-state index is 0.877. The summed E-state index contributed by atoms with van der Waals surface area (Å²) in [7, 11) is 0. The molecule has 17 heavy (non-hydrogen) atoms. The molecular weight excluding hydrogens is 248 g/mol. The van der Waals surface area contributed by atoms with Gasteiger partial charge < -0.3 is 5.32 Å². The summed E-state index contributed by atoms with van der Waals surface area (Å²) in [5, 5.41) is 10.2. The van der Waals surface area contributed by atoms with Gasteiger partial charge in [0.2, 0.25) is 0 Å². The predicted molar refractivity (Wildman–Crippen MR) is 76.0 cm³/mol. The van der Waals surface area contributed by atoms with Crippen LogP contribution in [0, 0.1) is 6.92 Å². The molecule has 0 aliphatic carbocycles. The number of aryl methyl sites for hydroxylation is 1. The Kier molecular flexibility index (Phi) is 2.82. The molecule has 0 radical (unpaired) electrons. The first-order valence-corrected chi connectivity index (χ1v) is 7.16. The van der Waals surface area contributed by atoms with Crippen LogP contribution in [0.4, 0.5) is 5.00 Å². The van der Waals surface area contributed by atoms with E-state index < -0.39 is 0 Å². The van der Waals surface area contributed by atoms with E-state index in [1.54, 1.807) is 11.3 Å². The van der Waals surface area contributed by atoms with E-state index in [0.717, 1.165) is 17.1 Å². The molecule has 2 nitrogen and oxygen atoms in total. The molecule has 86 valence electrons. The van der Waals surface area contributed by atoms with E-state index in [9.17, 15) is 0 Å². The van der Waals surface area contributed by atoms with Crippen LogP contribution >= 0.6 is 22.9 Å². The van der Waals surface area contributed by atoms with Crippen LogP contribution in [0.5, 0.6) is 0 Å². The average Bonchev–Trinajstić information content (AvgIpc) is 2.93. The van der Waals surface area contributed by atoms with Gasteiger partial charge in [0.1, 0.15) is 5.00 Å². The molecule has 0 bridgehead atoms. The zero-order chi connectivity index (χ0) is 11.7. The van der Waals surface area contributed by atoms with Crippen molar-refractivity contribution in [3.05, 3.63) is 46.2 Å². The van der Waals surface area contributed by atoms with E-state index in [-0.39, 0.29) is 0 Å². The Morgan fingerprint density at radius 1 is 1.24 bits per heavy atom. The topological polar surface area (TPSA) is 24.9 Å². The fourth-order valence-corrected chi connectivity index (χ4v) is 3.37. The molecule has 0 amide bonds. The van der Waals surface area contributed by atoms with Crippen LogP contribution < -0.4 is 5.32 Å². The second-order valence-electron chi connectivity index (χ2n) is 3.96. The maximum atomic E-state index is 4.42. The average molecular weight is 260 g/mol. The van der Waals surface area contributed by atoms with E-state index in [1.807, 2.05) is 12.1 Å². The number of hydrogen-bond acceptors (Lipinski definition) is 4.